The maximum atomic E-state index is 13.2. The highest BCUT2D eigenvalue weighted by atomic mass is 79.9. The minimum absolute atomic E-state index is 0.0784. The van der Waals surface area contributed by atoms with Crippen LogP contribution in [0.1, 0.15) is 38.9 Å². The molecule has 1 rings (SSSR count). The van der Waals surface area contributed by atoms with Crippen LogP contribution in [0, 0.1) is 0 Å². The third-order valence-corrected chi connectivity index (χ3v) is 3.57. The maximum Gasteiger partial charge on any atom is 0.410 e. The number of carbonyl (C=O) groups is 1. The molecule has 142 valence electrons. The standard InChI is InChI=1S/C16H23BrF3N3O2/c1-15(2,3)25-14(24)23(4)9-5-8-21-13(16(18,19)20)12-7-6-11(17)10-22-12/h6-7,10,13,21H,5,8-9H2,1-4H3. The molecule has 0 bridgehead atoms. The molecule has 1 atom stereocenters. The zero-order valence-electron chi connectivity index (χ0n) is 14.7. The fraction of sp³-hybridized carbons (Fsp3) is 0.625. The largest absolute Gasteiger partial charge is 0.444 e. The number of rotatable bonds is 6. The van der Waals surface area contributed by atoms with Crippen LogP contribution in [0.3, 0.4) is 0 Å². The topological polar surface area (TPSA) is 54.5 Å². The SMILES string of the molecule is CN(CCCNC(c1ccc(Br)cn1)C(F)(F)F)C(=O)OC(C)(C)C. The lowest BCUT2D eigenvalue weighted by atomic mass is 10.1. The smallest absolute Gasteiger partial charge is 0.410 e. The Kier molecular flexibility index (Phi) is 7.67. The van der Waals surface area contributed by atoms with Gasteiger partial charge in [-0.25, -0.2) is 4.79 Å². The summed E-state index contributed by atoms with van der Waals surface area (Å²) in [5, 5.41) is 2.46. The molecule has 1 aromatic heterocycles. The van der Waals surface area contributed by atoms with Crippen molar-refractivity contribution < 1.29 is 22.7 Å². The molecule has 1 amide bonds. The monoisotopic (exact) mass is 425 g/mol. The number of amides is 1. The summed E-state index contributed by atoms with van der Waals surface area (Å²) in [6.45, 7) is 5.60. The van der Waals surface area contributed by atoms with Crippen LogP contribution in [0.2, 0.25) is 0 Å². The van der Waals surface area contributed by atoms with E-state index in [2.05, 4.69) is 26.2 Å². The Morgan fingerprint density at radius 1 is 1.36 bits per heavy atom. The summed E-state index contributed by atoms with van der Waals surface area (Å²) in [4.78, 5) is 16.9. The lowest BCUT2D eigenvalue weighted by Crippen LogP contribution is -2.38. The first-order valence-corrected chi connectivity index (χ1v) is 8.55. The Balaban J connectivity index is 2.53. The van der Waals surface area contributed by atoms with E-state index in [1.54, 1.807) is 27.8 Å². The van der Waals surface area contributed by atoms with Gasteiger partial charge in [-0.3, -0.25) is 4.98 Å². The number of aromatic nitrogens is 1. The van der Waals surface area contributed by atoms with Crippen molar-refractivity contribution >= 4 is 22.0 Å². The van der Waals surface area contributed by atoms with Gasteiger partial charge >= 0.3 is 12.3 Å². The third-order valence-electron chi connectivity index (χ3n) is 3.10. The lowest BCUT2D eigenvalue weighted by molar-refractivity contribution is -0.158. The van der Waals surface area contributed by atoms with Gasteiger partial charge in [0.1, 0.15) is 11.6 Å². The summed E-state index contributed by atoms with van der Waals surface area (Å²) in [6, 6.07) is 0.980. The Bertz CT molecular complexity index is 559. The normalized spacial score (nSPS) is 13.4. The number of halogens is 4. The molecule has 25 heavy (non-hydrogen) atoms. The Morgan fingerprint density at radius 2 is 2.00 bits per heavy atom. The Labute approximate surface area is 154 Å². The minimum Gasteiger partial charge on any atom is -0.444 e. The molecule has 0 radical (unpaired) electrons. The Hall–Kier alpha value is -1.35. The second kappa shape index (κ2) is 8.84. The second-order valence-electron chi connectivity index (χ2n) is 6.59. The molecular weight excluding hydrogens is 403 g/mol. The van der Waals surface area contributed by atoms with E-state index in [4.69, 9.17) is 4.74 Å². The van der Waals surface area contributed by atoms with E-state index >= 15 is 0 Å². The molecule has 0 aromatic carbocycles. The summed E-state index contributed by atoms with van der Waals surface area (Å²) in [6.07, 6.45) is -3.29. The highest BCUT2D eigenvalue weighted by Gasteiger charge is 2.41. The van der Waals surface area contributed by atoms with Gasteiger partial charge in [-0.2, -0.15) is 13.2 Å². The molecule has 1 N–H and O–H groups in total. The van der Waals surface area contributed by atoms with Crippen molar-refractivity contribution in [2.45, 2.75) is 45.0 Å². The third kappa shape index (κ3) is 8.04. The molecule has 1 aromatic rings. The first-order valence-electron chi connectivity index (χ1n) is 7.76. The minimum atomic E-state index is -4.46. The maximum absolute atomic E-state index is 13.2. The van der Waals surface area contributed by atoms with Gasteiger partial charge < -0.3 is 15.0 Å². The lowest BCUT2D eigenvalue weighted by Gasteiger charge is -2.25. The number of alkyl halides is 3. The van der Waals surface area contributed by atoms with Crippen LogP contribution in [0.15, 0.2) is 22.8 Å². The van der Waals surface area contributed by atoms with Crippen LogP contribution in [-0.2, 0) is 4.74 Å². The van der Waals surface area contributed by atoms with Gasteiger partial charge in [0.15, 0.2) is 0 Å². The van der Waals surface area contributed by atoms with Crippen LogP contribution in [0.4, 0.5) is 18.0 Å². The quantitative estimate of drug-likeness (QED) is 0.690. The predicted molar refractivity (Wildman–Crippen MR) is 92.2 cm³/mol. The van der Waals surface area contributed by atoms with Gasteiger partial charge in [-0.05, 0) is 61.8 Å². The van der Waals surface area contributed by atoms with Gasteiger partial charge in [0.2, 0.25) is 0 Å². The van der Waals surface area contributed by atoms with Crippen molar-refractivity contribution in [2.75, 3.05) is 20.1 Å². The van der Waals surface area contributed by atoms with Gasteiger partial charge in [0.05, 0.1) is 5.69 Å². The van der Waals surface area contributed by atoms with Crippen LogP contribution >= 0.6 is 15.9 Å². The first-order chi connectivity index (χ1) is 11.4. The van der Waals surface area contributed by atoms with Crippen molar-refractivity contribution in [3.63, 3.8) is 0 Å². The number of carbonyl (C=O) groups excluding carboxylic acids is 1. The number of hydrogen-bond donors (Lipinski definition) is 1. The second-order valence-corrected chi connectivity index (χ2v) is 7.50. The molecule has 0 aliphatic rings. The molecule has 0 spiro atoms. The van der Waals surface area contributed by atoms with E-state index in [0.29, 0.717) is 10.9 Å². The average Bonchev–Trinajstić information content (AvgIpc) is 2.45. The fourth-order valence-corrected chi connectivity index (χ4v) is 2.17. The number of nitrogens with one attached hydrogen (secondary N) is 1. The van der Waals surface area contributed by atoms with Gasteiger partial charge in [-0.15, -0.1) is 0 Å². The molecule has 0 fully saturated rings. The van der Waals surface area contributed by atoms with E-state index in [1.165, 1.54) is 23.2 Å². The Morgan fingerprint density at radius 3 is 2.48 bits per heavy atom. The van der Waals surface area contributed by atoms with E-state index in [1.807, 2.05) is 0 Å². The number of ether oxygens (including phenoxy) is 1. The summed E-state index contributed by atoms with van der Waals surface area (Å²) >= 11 is 3.15. The van der Waals surface area contributed by atoms with E-state index in [9.17, 15) is 18.0 Å². The molecule has 0 aliphatic carbocycles. The summed E-state index contributed by atoms with van der Waals surface area (Å²) in [5.41, 5.74) is -0.714. The van der Waals surface area contributed by atoms with Gasteiger partial charge in [0.25, 0.3) is 0 Å². The summed E-state index contributed by atoms with van der Waals surface area (Å²) < 4.78 is 45.4. The molecule has 0 saturated carbocycles. The molecule has 0 aliphatic heterocycles. The van der Waals surface area contributed by atoms with E-state index in [-0.39, 0.29) is 18.8 Å². The van der Waals surface area contributed by atoms with E-state index in [0.717, 1.165) is 0 Å². The van der Waals surface area contributed by atoms with Gasteiger partial charge in [-0.1, -0.05) is 0 Å². The molecule has 1 heterocycles. The molecule has 1 unspecified atom stereocenters. The van der Waals surface area contributed by atoms with Crippen LogP contribution in [0.25, 0.3) is 0 Å². The zero-order valence-corrected chi connectivity index (χ0v) is 16.2. The van der Waals surface area contributed by atoms with Crippen LogP contribution in [0.5, 0.6) is 0 Å². The van der Waals surface area contributed by atoms with Crippen molar-refractivity contribution in [2.24, 2.45) is 0 Å². The summed E-state index contributed by atoms with van der Waals surface area (Å²) in [5.74, 6) is 0. The van der Waals surface area contributed by atoms with Crippen molar-refractivity contribution in [3.8, 4) is 0 Å². The van der Waals surface area contributed by atoms with E-state index < -0.39 is 23.9 Å². The van der Waals surface area contributed by atoms with Gasteiger partial charge in [0, 0.05) is 24.3 Å². The molecule has 0 saturated heterocycles. The highest BCUT2D eigenvalue weighted by molar-refractivity contribution is 9.10. The zero-order chi connectivity index (χ0) is 19.3. The van der Waals surface area contributed by atoms with Crippen molar-refractivity contribution in [1.29, 1.82) is 0 Å². The van der Waals surface area contributed by atoms with Crippen molar-refractivity contribution in [3.05, 3.63) is 28.5 Å². The van der Waals surface area contributed by atoms with Crippen molar-refractivity contribution in [1.82, 2.24) is 15.2 Å². The van der Waals surface area contributed by atoms with Crippen LogP contribution < -0.4 is 5.32 Å². The molecule has 9 heteroatoms. The predicted octanol–water partition coefficient (Wildman–Crippen LogP) is 4.29. The number of pyridine rings is 1. The van der Waals surface area contributed by atoms with Crippen LogP contribution in [-0.4, -0.2) is 47.9 Å². The average molecular weight is 426 g/mol. The summed E-state index contributed by atoms with van der Waals surface area (Å²) in [7, 11) is 1.55. The molecular formula is C16H23BrF3N3O2. The molecule has 5 nitrogen and oxygen atoms in total. The highest BCUT2D eigenvalue weighted by Crippen LogP contribution is 2.31. The first kappa shape index (κ1) is 21.7. The fourth-order valence-electron chi connectivity index (χ4n) is 1.94. The number of hydrogen-bond acceptors (Lipinski definition) is 4. The number of nitrogens with zero attached hydrogens (tertiary/aromatic N) is 2.